The Hall–Kier alpha value is -3.49. The van der Waals surface area contributed by atoms with E-state index >= 15 is 8.78 Å². The topological polar surface area (TPSA) is 72.0 Å². The van der Waals surface area contributed by atoms with Crippen LogP contribution in [0, 0.1) is 11.6 Å². The molecule has 1 fully saturated rings. The number of rotatable bonds is 8. The number of methoxy groups -OCH3 is 2. The van der Waals surface area contributed by atoms with Crippen molar-refractivity contribution in [1.29, 1.82) is 0 Å². The summed E-state index contributed by atoms with van der Waals surface area (Å²) < 4.78 is 40.3. The zero-order chi connectivity index (χ0) is 23.0. The lowest BCUT2D eigenvalue weighted by molar-refractivity contribution is -0.114. The maximum absolute atomic E-state index is 15.1. The second-order valence-electron chi connectivity index (χ2n) is 7.70. The van der Waals surface area contributed by atoms with E-state index in [-0.39, 0.29) is 36.3 Å². The molecule has 0 unspecified atom stereocenters. The van der Waals surface area contributed by atoms with Crippen LogP contribution in [0.3, 0.4) is 0 Å². The molecule has 0 bridgehead atoms. The van der Waals surface area contributed by atoms with Crippen LogP contribution in [-0.4, -0.2) is 37.1 Å². The van der Waals surface area contributed by atoms with Crippen molar-refractivity contribution < 1.29 is 27.8 Å². The van der Waals surface area contributed by atoms with E-state index in [0.717, 1.165) is 23.8 Å². The van der Waals surface area contributed by atoms with Crippen molar-refractivity contribution in [3.8, 4) is 11.5 Å². The number of ether oxygens (including phenoxy) is 2. The summed E-state index contributed by atoms with van der Waals surface area (Å²) in [6, 6.07) is 2.28. The molecule has 1 saturated carbocycles. The van der Waals surface area contributed by atoms with E-state index in [1.54, 1.807) is 17.2 Å². The minimum atomic E-state index is -0.981. The van der Waals surface area contributed by atoms with Gasteiger partial charge in [-0.3, -0.25) is 19.6 Å². The molecule has 1 aromatic heterocycles. The summed E-state index contributed by atoms with van der Waals surface area (Å²) in [5.41, 5.74) is 1.44. The number of ketones is 1. The van der Waals surface area contributed by atoms with Gasteiger partial charge in [0, 0.05) is 36.0 Å². The number of pyridine rings is 1. The fourth-order valence-corrected chi connectivity index (χ4v) is 3.79. The first kappa shape index (κ1) is 21.7. The van der Waals surface area contributed by atoms with Gasteiger partial charge in [-0.1, -0.05) is 6.58 Å². The van der Waals surface area contributed by atoms with Crippen molar-refractivity contribution in [1.82, 2.24) is 4.98 Å². The molecule has 32 heavy (non-hydrogen) atoms. The zero-order valence-electron chi connectivity index (χ0n) is 17.9. The number of anilines is 2. The second-order valence-corrected chi connectivity index (χ2v) is 7.70. The number of amides is 2. The van der Waals surface area contributed by atoms with Crippen molar-refractivity contribution in [2.24, 2.45) is 0 Å². The Balaban J connectivity index is 1.76. The molecular weight excluding hydrogens is 420 g/mol. The number of halogens is 2. The molecule has 9 heteroatoms. The van der Waals surface area contributed by atoms with E-state index in [2.05, 4.69) is 11.6 Å². The largest absolute Gasteiger partial charge is 0.493 e. The molecule has 1 aliphatic heterocycles. The van der Waals surface area contributed by atoms with Crippen LogP contribution in [0.2, 0.25) is 0 Å². The van der Waals surface area contributed by atoms with Gasteiger partial charge in [-0.05, 0) is 31.4 Å². The average Bonchev–Trinajstić information content (AvgIpc) is 3.63. The van der Waals surface area contributed by atoms with Gasteiger partial charge < -0.3 is 9.47 Å². The number of carbonyl (C=O) groups excluding carboxylic acids is 2. The maximum Gasteiger partial charge on any atom is 0.329 e. The predicted octanol–water partition coefficient (Wildman–Crippen LogP) is 4.17. The molecule has 0 N–H and O–H groups in total. The third kappa shape index (κ3) is 3.79. The van der Waals surface area contributed by atoms with Crippen LogP contribution in [0.4, 0.5) is 25.0 Å². The summed E-state index contributed by atoms with van der Waals surface area (Å²) >= 11 is 0. The zero-order valence-corrected chi connectivity index (χ0v) is 17.9. The van der Waals surface area contributed by atoms with Crippen LogP contribution < -0.4 is 19.3 Å². The van der Waals surface area contributed by atoms with Crippen molar-refractivity contribution in [3.63, 3.8) is 0 Å². The van der Waals surface area contributed by atoms with Crippen molar-refractivity contribution >= 4 is 23.2 Å². The van der Waals surface area contributed by atoms with Gasteiger partial charge in [0.05, 0.1) is 26.5 Å². The molecule has 1 aliphatic carbocycles. The minimum absolute atomic E-state index is 0.0623. The number of hydrogen-bond donors (Lipinski definition) is 0. The third-order valence-electron chi connectivity index (χ3n) is 5.63. The molecule has 2 aromatic rings. The molecule has 2 aliphatic rings. The Bertz CT molecular complexity index is 1070. The first-order valence-electron chi connectivity index (χ1n) is 10.2. The Morgan fingerprint density at radius 2 is 1.88 bits per heavy atom. The van der Waals surface area contributed by atoms with E-state index < -0.39 is 23.4 Å². The minimum Gasteiger partial charge on any atom is -0.493 e. The monoisotopic (exact) mass is 443 g/mol. The summed E-state index contributed by atoms with van der Waals surface area (Å²) in [5, 5.41) is 0. The molecule has 0 radical (unpaired) electrons. The van der Waals surface area contributed by atoms with Crippen LogP contribution in [0.15, 0.2) is 31.0 Å². The number of benzene rings is 1. The highest BCUT2D eigenvalue weighted by molar-refractivity contribution is 6.07. The Labute approximate surface area is 184 Å². The molecule has 168 valence electrons. The molecular formula is C23H23F2N3O4. The average molecular weight is 443 g/mol. The molecule has 0 saturated heterocycles. The number of fused-ring (bicyclic) bond motifs is 1. The summed E-state index contributed by atoms with van der Waals surface area (Å²) in [4.78, 5) is 32.0. The first-order valence-corrected chi connectivity index (χ1v) is 10.2. The number of allylic oxidation sites excluding steroid dienone is 1. The van der Waals surface area contributed by atoms with Gasteiger partial charge in [-0.25, -0.2) is 13.6 Å². The fourth-order valence-electron chi connectivity index (χ4n) is 3.79. The van der Waals surface area contributed by atoms with Gasteiger partial charge in [0.15, 0.2) is 28.9 Å². The lowest BCUT2D eigenvalue weighted by atomic mass is 10.1. The molecule has 0 spiro atoms. The molecule has 7 nitrogen and oxygen atoms in total. The molecule has 1 aromatic carbocycles. The summed E-state index contributed by atoms with van der Waals surface area (Å²) in [5.74, 6) is -2.51. The highest BCUT2D eigenvalue weighted by atomic mass is 19.1. The second kappa shape index (κ2) is 8.57. The lowest BCUT2D eigenvalue weighted by Gasteiger charge is -2.37. The van der Waals surface area contributed by atoms with E-state index in [0.29, 0.717) is 23.4 Å². The van der Waals surface area contributed by atoms with Gasteiger partial charge in [0.1, 0.15) is 5.69 Å². The number of aryl methyl sites for hydroxylation is 1. The molecule has 2 heterocycles. The smallest absolute Gasteiger partial charge is 0.329 e. The number of aromatic nitrogens is 1. The summed E-state index contributed by atoms with van der Waals surface area (Å²) in [6.07, 6.45) is 5.10. The van der Waals surface area contributed by atoms with Crippen LogP contribution in [-0.2, 0) is 17.8 Å². The van der Waals surface area contributed by atoms with Crippen LogP contribution in [0.5, 0.6) is 11.5 Å². The maximum atomic E-state index is 15.1. The standard InChI is InChI=1S/C23H23F2N3O4/c1-4-16(29)8-5-14-9-17-13(11-26-14)12-27(23(30)28(17)15-6-7-15)22-20(24)18(31-2)10-19(32-3)21(22)25/h4,9-11,15H,1,5-8,12H2,2-3H3. The Morgan fingerprint density at radius 1 is 1.22 bits per heavy atom. The Kier molecular flexibility index (Phi) is 5.82. The van der Waals surface area contributed by atoms with E-state index in [1.165, 1.54) is 20.3 Å². The SMILES string of the molecule is C=CC(=O)CCc1cc2c(cn1)CN(c1c(F)c(OC)cc(OC)c1F)C(=O)N2C1CC1. The summed E-state index contributed by atoms with van der Waals surface area (Å²) in [7, 11) is 2.51. The number of hydrogen-bond acceptors (Lipinski definition) is 5. The van der Waals surface area contributed by atoms with Gasteiger partial charge in [0.2, 0.25) is 0 Å². The lowest BCUT2D eigenvalue weighted by Crippen LogP contribution is -2.49. The fraction of sp³-hybridized carbons (Fsp3) is 0.348. The summed E-state index contributed by atoms with van der Waals surface area (Å²) in [6.45, 7) is 3.40. The van der Waals surface area contributed by atoms with E-state index in [1.807, 2.05) is 0 Å². The predicted molar refractivity (Wildman–Crippen MR) is 114 cm³/mol. The highest BCUT2D eigenvalue weighted by Gasteiger charge is 2.43. The first-order chi connectivity index (χ1) is 15.4. The molecule has 4 rings (SSSR count). The van der Waals surface area contributed by atoms with Crippen molar-refractivity contribution in [2.75, 3.05) is 24.0 Å². The van der Waals surface area contributed by atoms with Crippen LogP contribution in [0.1, 0.15) is 30.5 Å². The third-order valence-corrected chi connectivity index (χ3v) is 5.63. The number of nitrogens with zero attached hydrogens (tertiary/aromatic N) is 3. The normalized spacial score (nSPS) is 15.4. The number of urea groups is 1. The molecule has 0 atom stereocenters. The van der Waals surface area contributed by atoms with Gasteiger partial charge >= 0.3 is 6.03 Å². The van der Waals surface area contributed by atoms with E-state index in [9.17, 15) is 9.59 Å². The highest BCUT2D eigenvalue weighted by Crippen LogP contribution is 2.43. The van der Waals surface area contributed by atoms with E-state index in [4.69, 9.17) is 9.47 Å². The van der Waals surface area contributed by atoms with Crippen molar-refractivity contribution in [3.05, 3.63) is 53.9 Å². The van der Waals surface area contributed by atoms with Gasteiger partial charge in [-0.2, -0.15) is 0 Å². The van der Waals surface area contributed by atoms with Gasteiger partial charge in [-0.15, -0.1) is 0 Å². The van der Waals surface area contributed by atoms with Crippen molar-refractivity contribution in [2.45, 2.75) is 38.3 Å². The number of carbonyl (C=O) groups is 2. The molecule has 2 amide bonds. The van der Waals surface area contributed by atoms with Crippen LogP contribution in [0.25, 0.3) is 0 Å². The quantitative estimate of drug-likeness (QED) is 0.573. The Morgan fingerprint density at radius 3 is 2.44 bits per heavy atom. The van der Waals surface area contributed by atoms with Gasteiger partial charge in [0.25, 0.3) is 0 Å². The van der Waals surface area contributed by atoms with Crippen LogP contribution >= 0.6 is 0 Å².